The van der Waals surface area contributed by atoms with Crippen molar-refractivity contribution >= 4 is 27.0 Å². The maximum absolute atomic E-state index is 5.76. The van der Waals surface area contributed by atoms with Gasteiger partial charge in [0.25, 0.3) is 0 Å². The van der Waals surface area contributed by atoms with Gasteiger partial charge in [0.15, 0.2) is 11.5 Å². The number of nitrogens with two attached hydrogens (primary N) is 1. The Morgan fingerprint density at radius 2 is 2.27 bits per heavy atom. The van der Waals surface area contributed by atoms with E-state index in [1.165, 1.54) is 5.56 Å². The highest BCUT2D eigenvalue weighted by Gasteiger charge is 2.09. The fraction of sp³-hybridized carbons (Fsp3) is 0.364. The second-order valence-corrected chi connectivity index (χ2v) is 4.69. The van der Waals surface area contributed by atoms with Crippen LogP contribution in [0.2, 0.25) is 0 Å². The van der Waals surface area contributed by atoms with E-state index in [4.69, 9.17) is 10.2 Å². The van der Waals surface area contributed by atoms with Crippen LogP contribution in [0, 0.1) is 6.92 Å². The minimum absolute atomic E-state index is 0.155. The van der Waals surface area contributed by atoms with Crippen LogP contribution in [0.15, 0.2) is 21.0 Å². The molecule has 0 saturated heterocycles. The molecule has 0 amide bonds. The molecule has 0 saturated carbocycles. The van der Waals surface area contributed by atoms with E-state index in [-0.39, 0.29) is 6.04 Å². The summed E-state index contributed by atoms with van der Waals surface area (Å²) in [5, 5.41) is 0. The number of benzene rings is 1. The molecular weight excluding hydrogens is 256 g/mol. The number of hydrogen-bond donors (Lipinski definition) is 1. The number of fused-ring (bicyclic) bond motifs is 1. The topological polar surface area (TPSA) is 52.0 Å². The molecule has 15 heavy (non-hydrogen) atoms. The van der Waals surface area contributed by atoms with E-state index < -0.39 is 0 Å². The highest BCUT2D eigenvalue weighted by atomic mass is 79.9. The van der Waals surface area contributed by atoms with Crippen molar-refractivity contribution < 1.29 is 4.42 Å². The lowest BCUT2D eigenvalue weighted by molar-refractivity contribution is 0.559. The van der Waals surface area contributed by atoms with E-state index in [9.17, 15) is 0 Å². The van der Waals surface area contributed by atoms with Crippen molar-refractivity contribution in [1.29, 1.82) is 0 Å². The lowest BCUT2D eigenvalue weighted by Crippen LogP contribution is -2.17. The lowest BCUT2D eigenvalue weighted by Gasteiger charge is -2.05. The Morgan fingerprint density at radius 3 is 2.93 bits per heavy atom. The summed E-state index contributed by atoms with van der Waals surface area (Å²) in [5.74, 6) is 0.684. The van der Waals surface area contributed by atoms with E-state index in [0.717, 1.165) is 22.0 Å². The lowest BCUT2D eigenvalue weighted by atomic mass is 10.1. The fourth-order valence-corrected chi connectivity index (χ4v) is 2.23. The smallest absolute Gasteiger partial charge is 0.192 e. The summed E-state index contributed by atoms with van der Waals surface area (Å²) >= 11 is 3.48. The quantitative estimate of drug-likeness (QED) is 0.912. The van der Waals surface area contributed by atoms with E-state index in [1.54, 1.807) is 0 Å². The molecule has 4 heteroatoms. The highest BCUT2D eigenvalue weighted by Crippen LogP contribution is 2.26. The monoisotopic (exact) mass is 268 g/mol. The molecule has 0 radical (unpaired) electrons. The molecule has 1 unspecified atom stereocenters. The van der Waals surface area contributed by atoms with Gasteiger partial charge in [0.2, 0.25) is 0 Å². The minimum atomic E-state index is 0.155. The van der Waals surface area contributed by atoms with Gasteiger partial charge in [-0.2, -0.15) is 0 Å². The van der Waals surface area contributed by atoms with Crippen molar-refractivity contribution in [2.45, 2.75) is 26.3 Å². The Morgan fingerprint density at radius 1 is 1.53 bits per heavy atom. The van der Waals surface area contributed by atoms with Crippen molar-refractivity contribution in [3.05, 3.63) is 28.1 Å². The Hall–Kier alpha value is -0.870. The first kappa shape index (κ1) is 10.6. The number of rotatable bonds is 2. The molecule has 80 valence electrons. The summed E-state index contributed by atoms with van der Waals surface area (Å²) < 4.78 is 6.41. The summed E-state index contributed by atoms with van der Waals surface area (Å²) in [4.78, 5) is 4.30. The molecule has 1 heterocycles. The Bertz CT molecular complexity index is 491. The Labute approximate surface area is 96.8 Å². The summed E-state index contributed by atoms with van der Waals surface area (Å²) in [7, 11) is 0. The van der Waals surface area contributed by atoms with Crippen LogP contribution >= 0.6 is 15.9 Å². The fourth-order valence-electron chi connectivity index (χ4n) is 1.65. The van der Waals surface area contributed by atoms with Crippen LogP contribution < -0.4 is 5.73 Å². The van der Waals surface area contributed by atoms with Gasteiger partial charge in [-0.15, -0.1) is 0 Å². The Kier molecular flexibility index (Phi) is 2.80. The molecule has 0 spiro atoms. The largest absolute Gasteiger partial charge is 0.440 e. The molecule has 0 aliphatic heterocycles. The predicted octanol–water partition coefficient (Wildman–Crippen LogP) is 2.79. The van der Waals surface area contributed by atoms with Crippen LogP contribution in [-0.4, -0.2) is 11.0 Å². The Balaban J connectivity index is 2.51. The number of aryl methyl sites for hydroxylation is 1. The third kappa shape index (κ3) is 2.21. The number of oxazole rings is 1. The highest BCUT2D eigenvalue weighted by molar-refractivity contribution is 9.10. The first-order chi connectivity index (χ1) is 7.06. The zero-order chi connectivity index (χ0) is 11.0. The molecular formula is C11H13BrN2O. The van der Waals surface area contributed by atoms with Crippen LogP contribution in [0.3, 0.4) is 0 Å². The van der Waals surface area contributed by atoms with Gasteiger partial charge in [-0.1, -0.05) is 0 Å². The first-order valence-electron chi connectivity index (χ1n) is 4.87. The minimum Gasteiger partial charge on any atom is -0.440 e. The van der Waals surface area contributed by atoms with Gasteiger partial charge < -0.3 is 10.2 Å². The van der Waals surface area contributed by atoms with Crippen LogP contribution in [0.1, 0.15) is 18.4 Å². The standard InChI is InChI=1S/C11H13BrN2O/c1-6(13)3-8-4-9(12)11-10(5-8)14-7(2)15-11/h4-6H,3,13H2,1-2H3. The summed E-state index contributed by atoms with van der Waals surface area (Å²) in [6, 6.07) is 4.22. The van der Waals surface area contributed by atoms with E-state index in [1.807, 2.05) is 26.0 Å². The van der Waals surface area contributed by atoms with Crippen molar-refractivity contribution in [3.63, 3.8) is 0 Å². The molecule has 1 atom stereocenters. The van der Waals surface area contributed by atoms with Gasteiger partial charge in [0.1, 0.15) is 5.52 Å². The van der Waals surface area contributed by atoms with Crippen molar-refractivity contribution in [3.8, 4) is 0 Å². The van der Waals surface area contributed by atoms with Crippen molar-refractivity contribution in [1.82, 2.24) is 4.98 Å². The van der Waals surface area contributed by atoms with Gasteiger partial charge in [-0.05, 0) is 47.0 Å². The normalized spacial score (nSPS) is 13.3. The molecule has 3 nitrogen and oxygen atoms in total. The maximum Gasteiger partial charge on any atom is 0.192 e. The third-order valence-electron chi connectivity index (χ3n) is 2.17. The van der Waals surface area contributed by atoms with Crippen LogP contribution in [0.5, 0.6) is 0 Å². The number of aromatic nitrogens is 1. The zero-order valence-corrected chi connectivity index (χ0v) is 10.3. The van der Waals surface area contributed by atoms with Crippen LogP contribution in [0.25, 0.3) is 11.1 Å². The molecule has 0 aliphatic rings. The predicted molar refractivity (Wildman–Crippen MR) is 63.8 cm³/mol. The molecule has 1 aromatic carbocycles. The van der Waals surface area contributed by atoms with Gasteiger partial charge in [-0.25, -0.2) is 4.98 Å². The number of halogens is 1. The third-order valence-corrected chi connectivity index (χ3v) is 2.76. The van der Waals surface area contributed by atoms with Gasteiger partial charge in [-0.3, -0.25) is 0 Å². The summed E-state index contributed by atoms with van der Waals surface area (Å²) in [6.07, 6.45) is 0.848. The first-order valence-corrected chi connectivity index (χ1v) is 5.66. The molecule has 1 aromatic heterocycles. The maximum atomic E-state index is 5.76. The molecule has 2 rings (SSSR count). The summed E-state index contributed by atoms with van der Waals surface area (Å²) in [6.45, 7) is 3.84. The van der Waals surface area contributed by atoms with Gasteiger partial charge in [0.05, 0.1) is 4.47 Å². The second-order valence-electron chi connectivity index (χ2n) is 3.84. The molecule has 2 aromatic rings. The van der Waals surface area contributed by atoms with Crippen LogP contribution in [0.4, 0.5) is 0 Å². The van der Waals surface area contributed by atoms with Crippen molar-refractivity contribution in [2.24, 2.45) is 5.73 Å². The second kappa shape index (κ2) is 3.94. The molecule has 0 bridgehead atoms. The average molecular weight is 269 g/mol. The molecule has 0 aliphatic carbocycles. The van der Waals surface area contributed by atoms with Crippen molar-refractivity contribution in [2.75, 3.05) is 0 Å². The molecule has 2 N–H and O–H groups in total. The number of nitrogens with zero attached hydrogens (tertiary/aromatic N) is 1. The van der Waals surface area contributed by atoms with E-state index >= 15 is 0 Å². The van der Waals surface area contributed by atoms with E-state index in [2.05, 4.69) is 20.9 Å². The zero-order valence-electron chi connectivity index (χ0n) is 8.75. The number of hydrogen-bond acceptors (Lipinski definition) is 3. The van der Waals surface area contributed by atoms with Gasteiger partial charge >= 0.3 is 0 Å². The van der Waals surface area contributed by atoms with Gasteiger partial charge in [0, 0.05) is 13.0 Å². The molecule has 0 fully saturated rings. The van der Waals surface area contributed by atoms with E-state index in [0.29, 0.717) is 5.89 Å². The SMILES string of the molecule is Cc1nc2cc(CC(C)N)cc(Br)c2o1. The average Bonchev–Trinajstić information content (AvgIpc) is 2.44. The van der Waals surface area contributed by atoms with Crippen LogP contribution in [-0.2, 0) is 6.42 Å². The summed E-state index contributed by atoms with van der Waals surface area (Å²) in [5.41, 5.74) is 8.64.